The van der Waals surface area contributed by atoms with Crippen LogP contribution in [0.1, 0.15) is 401 Å². The maximum absolute atomic E-state index is 13.1. The van der Waals surface area contributed by atoms with Gasteiger partial charge in [-0.05, 0) is 31.6 Å². The quantitative estimate of drug-likeness (QED) is 0.0222. The molecule has 0 spiro atoms. The second-order valence-corrected chi connectivity index (χ2v) is 30.8. The van der Waals surface area contributed by atoms with E-state index in [1.807, 2.05) is 0 Å². The largest absolute Gasteiger partial charge is 0.472 e. The molecule has 0 fully saturated rings. The summed E-state index contributed by atoms with van der Waals surface area (Å²) < 4.78 is 68.3. The summed E-state index contributed by atoms with van der Waals surface area (Å²) in [5.74, 6) is -1.32. The van der Waals surface area contributed by atoms with Gasteiger partial charge in [0.1, 0.15) is 19.3 Å². The highest BCUT2D eigenvalue weighted by atomic mass is 31.2. The summed E-state index contributed by atoms with van der Waals surface area (Å²) in [4.78, 5) is 72.5. The number of unbranched alkanes of at least 4 members (excludes halogenated alkanes) is 48. The Labute approximate surface area is 581 Å². The topological polar surface area (TPSA) is 237 Å². The van der Waals surface area contributed by atoms with E-state index in [9.17, 15) is 43.2 Å². The molecule has 0 heterocycles. The van der Waals surface area contributed by atoms with Crippen LogP contribution in [0.3, 0.4) is 0 Å². The van der Waals surface area contributed by atoms with Crippen LogP contribution in [0, 0.1) is 5.92 Å². The van der Waals surface area contributed by atoms with Gasteiger partial charge < -0.3 is 33.8 Å². The first-order valence-corrected chi connectivity index (χ1v) is 42.6. The van der Waals surface area contributed by atoms with Gasteiger partial charge >= 0.3 is 39.5 Å². The minimum Gasteiger partial charge on any atom is -0.462 e. The SMILES string of the molecule is CCCCCCCCCCCCCCCCCCCCCCCCC(=O)O[C@H](COC(=O)CCCCCCCCCCCCCCCCC(C)C)COP(=O)(O)OC[C@@H](O)COP(=O)(O)OC[C@@H](COC(=O)CCCCCCCCCC)OC(=O)CCCCCCCCCC. The Hall–Kier alpha value is -1.94. The molecule has 0 rings (SSSR count). The van der Waals surface area contributed by atoms with Gasteiger partial charge in [-0.15, -0.1) is 0 Å². The van der Waals surface area contributed by atoms with Crippen molar-refractivity contribution >= 4 is 39.5 Å². The standard InChI is InChI=1S/C76H148O17P2/c1-6-9-12-15-18-21-22-23-24-25-26-27-28-29-30-31-36-39-42-47-52-57-62-76(81)93-72(66-87-74(79)60-55-50-46-41-38-35-33-32-34-37-40-43-48-53-58-69(4)5)68-91-95(84,85)89-64-70(77)63-88-94(82,83)90-67-71(92-75(80)61-56-51-45-20-17-14-11-8-3)65-86-73(78)59-54-49-44-19-16-13-10-7-2/h69-72,77H,6-68H2,1-5H3,(H,82,83)(H,84,85)/t70-,71+,72+/m0/s1. The van der Waals surface area contributed by atoms with E-state index in [2.05, 4.69) is 34.6 Å². The third kappa shape index (κ3) is 70.3. The summed E-state index contributed by atoms with van der Waals surface area (Å²) in [6.45, 7) is 7.25. The van der Waals surface area contributed by atoms with Gasteiger partial charge in [-0.2, -0.15) is 0 Å². The van der Waals surface area contributed by atoms with Gasteiger partial charge in [-0.1, -0.05) is 349 Å². The van der Waals surface area contributed by atoms with E-state index in [1.54, 1.807) is 0 Å². The number of aliphatic hydroxyl groups excluding tert-OH is 1. The minimum absolute atomic E-state index is 0.105. The van der Waals surface area contributed by atoms with E-state index < -0.39 is 97.5 Å². The fourth-order valence-electron chi connectivity index (χ4n) is 11.7. The van der Waals surface area contributed by atoms with Crippen molar-refractivity contribution in [2.45, 2.75) is 419 Å². The highest BCUT2D eigenvalue weighted by Gasteiger charge is 2.30. The van der Waals surface area contributed by atoms with Crippen molar-refractivity contribution in [3.63, 3.8) is 0 Å². The van der Waals surface area contributed by atoms with Crippen molar-refractivity contribution in [3.05, 3.63) is 0 Å². The van der Waals surface area contributed by atoms with E-state index in [4.69, 9.17) is 37.0 Å². The van der Waals surface area contributed by atoms with E-state index in [1.165, 1.54) is 212 Å². The van der Waals surface area contributed by atoms with Gasteiger partial charge in [0.25, 0.3) is 0 Å². The van der Waals surface area contributed by atoms with Crippen LogP contribution in [0.4, 0.5) is 0 Å². The second-order valence-electron chi connectivity index (χ2n) is 27.9. The van der Waals surface area contributed by atoms with Crippen LogP contribution >= 0.6 is 15.6 Å². The predicted octanol–water partition coefficient (Wildman–Crippen LogP) is 22.5. The van der Waals surface area contributed by atoms with Gasteiger partial charge in [-0.25, -0.2) is 9.13 Å². The van der Waals surface area contributed by atoms with E-state index in [0.717, 1.165) is 109 Å². The van der Waals surface area contributed by atoms with Crippen molar-refractivity contribution in [1.29, 1.82) is 0 Å². The second kappa shape index (κ2) is 69.2. The molecule has 0 aromatic rings. The summed E-state index contributed by atoms with van der Waals surface area (Å²) in [7, 11) is -9.90. The number of esters is 4. The van der Waals surface area contributed by atoms with Crippen molar-refractivity contribution < 1.29 is 80.2 Å². The van der Waals surface area contributed by atoms with Crippen LogP contribution in [0.15, 0.2) is 0 Å². The molecule has 0 aliphatic rings. The maximum atomic E-state index is 13.1. The van der Waals surface area contributed by atoms with Crippen LogP contribution in [0.25, 0.3) is 0 Å². The molecule has 0 aliphatic heterocycles. The molecule has 0 saturated carbocycles. The summed E-state index contributed by atoms with van der Waals surface area (Å²) in [6.07, 6.45) is 58.6. The van der Waals surface area contributed by atoms with Crippen molar-refractivity contribution in [1.82, 2.24) is 0 Å². The molecule has 564 valence electrons. The fraction of sp³-hybridized carbons (Fsp3) is 0.947. The smallest absolute Gasteiger partial charge is 0.462 e. The molecule has 0 aromatic carbocycles. The predicted molar refractivity (Wildman–Crippen MR) is 386 cm³/mol. The lowest BCUT2D eigenvalue weighted by atomic mass is 10.0. The minimum atomic E-state index is -4.96. The molecule has 0 radical (unpaired) electrons. The summed E-state index contributed by atoms with van der Waals surface area (Å²) in [6, 6.07) is 0. The molecule has 5 atom stereocenters. The monoisotopic (exact) mass is 1400 g/mol. The lowest BCUT2D eigenvalue weighted by Crippen LogP contribution is -2.30. The number of aliphatic hydroxyl groups is 1. The van der Waals surface area contributed by atoms with Crippen LogP contribution in [-0.4, -0.2) is 96.7 Å². The Morgan fingerprint density at radius 1 is 0.284 bits per heavy atom. The molecule has 0 aromatic heterocycles. The number of hydrogen-bond donors (Lipinski definition) is 3. The average molecular weight is 1400 g/mol. The number of carbonyl (C=O) groups excluding carboxylic acids is 4. The molecule has 19 heteroatoms. The van der Waals surface area contributed by atoms with Gasteiger partial charge in [-0.3, -0.25) is 37.3 Å². The molecule has 0 saturated heterocycles. The van der Waals surface area contributed by atoms with Crippen molar-refractivity contribution in [2.75, 3.05) is 39.6 Å². The Kier molecular flexibility index (Phi) is 67.7. The molecule has 0 aliphatic carbocycles. The number of hydrogen-bond acceptors (Lipinski definition) is 15. The van der Waals surface area contributed by atoms with Gasteiger partial charge in [0.15, 0.2) is 12.2 Å². The fourth-order valence-corrected chi connectivity index (χ4v) is 13.3. The maximum Gasteiger partial charge on any atom is 0.472 e. The summed E-state index contributed by atoms with van der Waals surface area (Å²) >= 11 is 0. The molecule has 3 N–H and O–H groups in total. The van der Waals surface area contributed by atoms with Crippen LogP contribution in [0.5, 0.6) is 0 Å². The zero-order valence-corrected chi connectivity index (χ0v) is 63.6. The third-order valence-electron chi connectivity index (χ3n) is 17.8. The molecule has 2 unspecified atom stereocenters. The molecular formula is C76H148O17P2. The van der Waals surface area contributed by atoms with Crippen LogP contribution in [0.2, 0.25) is 0 Å². The lowest BCUT2D eigenvalue weighted by molar-refractivity contribution is -0.161. The highest BCUT2D eigenvalue weighted by Crippen LogP contribution is 2.45. The molecule has 95 heavy (non-hydrogen) atoms. The highest BCUT2D eigenvalue weighted by molar-refractivity contribution is 7.47. The average Bonchev–Trinajstić information content (AvgIpc) is 3.45. The normalized spacial score (nSPS) is 13.9. The number of phosphoric ester groups is 2. The number of carbonyl (C=O) groups is 4. The number of phosphoric acid groups is 2. The summed E-state index contributed by atoms with van der Waals surface area (Å²) in [5.41, 5.74) is 0. The first kappa shape index (κ1) is 93.1. The Balaban J connectivity index is 5.13. The molecule has 17 nitrogen and oxygen atoms in total. The van der Waals surface area contributed by atoms with Gasteiger partial charge in [0, 0.05) is 25.7 Å². The lowest BCUT2D eigenvalue weighted by Gasteiger charge is -2.21. The molecule has 0 bridgehead atoms. The van der Waals surface area contributed by atoms with Gasteiger partial charge in [0.05, 0.1) is 26.4 Å². The zero-order chi connectivity index (χ0) is 69.8. The zero-order valence-electron chi connectivity index (χ0n) is 61.8. The summed E-state index contributed by atoms with van der Waals surface area (Å²) in [5, 5.41) is 10.6. The first-order chi connectivity index (χ1) is 46.0. The van der Waals surface area contributed by atoms with E-state index >= 15 is 0 Å². The number of ether oxygens (including phenoxy) is 4. The van der Waals surface area contributed by atoms with Crippen LogP contribution < -0.4 is 0 Å². The van der Waals surface area contributed by atoms with Crippen molar-refractivity contribution in [2.24, 2.45) is 5.92 Å². The first-order valence-electron chi connectivity index (χ1n) is 39.6. The molecular weight excluding hydrogens is 1250 g/mol. The number of rotatable bonds is 76. The Morgan fingerprint density at radius 2 is 0.484 bits per heavy atom. The van der Waals surface area contributed by atoms with E-state index in [0.29, 0.717) is 25.7 Å². The van der Waals surface area contributed by atoms with Crippen molar-refractivity contribution in [3.8, 4) is 0 Å². The van der Waals surface area contributed by atoms with Crippen LogP contribution in [-0.2, 0) is 65.4 Å². The van der Waals surface area contributed by atoms with E-state index in [-0.39, 0.29) is 25.7 Å². The molecule has 0 amide bonds. The third-order valence-corrected chi connectivity index (χ3v) is 19.7. The Morgan fingerprint density at radius 3 is 0.716 bits per heavy atom. The van der Waals surface area contributed by atoms with Gasteiger partial charge in [0.2, 0.25) is 0 Å². The Bertz CT molecular complexity index is 1820.